The number of hydrogen-bond donors (Lipinski definition) is 1. The molecule has 0 atom stereocenters. The minimum Gasteiger partial charge on any atom is -0.350 e. The molecule has 1 saturated heterocycles. The van der Waals surface area contributed by atoms with E-state index < -0.39 is 10.0 Å². The molecule has 0 amide bonds. The Balaban J connectivity index is 1.95. The molecule has 0 radical (unpaired) electrons. The van der Waals surface area contributed by atoms with Crippen LogP contribution in [0.3, 0.4) is 0 Å². The summed E-state index contributed by atoms with van der Waals surface area (Å²) >= 11 is 0. The van der Waals surface area contributed by atoms with Crippen LogP contribution in [0.15, 0.2) is 29.2 Å². The van der Waals surface area contributed by atoms with Gasteiger partial charge in [-0.1, -0.05) is 32.9 Å². The van der Waals surface area contributed by atoms with Crippen molar-refractivity contribution in [1.29, 1.82) is 0 Å². The molecule has 1 aliphatic rings. The van der Waals surface area contributed by atoms with Crippen molar-refractivity contribution < 1.29 is 17.9 Å². The fourth-order valence-electron chi connectivity index (χ4n) is 2.10. The molecule has 0 bridgehead atoms. The summed E-state index contributed by atoms with van der Waals surface area (Å²) in [6.45, 7) is 7.73. The van der Waals surface area contributed by atoms with Gasteiger partial charge in [0, 0.05) is 13.0 Å². The molecular weight excluding hydrogens is 290 g/mol. The molecule has 5 nitrogen and oxygen atoms in total. The van der Waals surface area contributed by atoms with E-state index in [-0.39, 0.29) is 16.6 Å². The molecule has 1 fully saturated rings. The average Bonchev–Trinajstić information content (AvgIpc) is 2.91. The molecule has 21 heavy (non-hydrogen) atoms. The molecule has 1 N–H and O–H groups in total. The van der Waals surface area contributed by atoms with Crippen molar-refractivity contribution >= 4 is 10.0 Å². The summed E-state index contributed by atoms with van der Waals surface area (Å²) in [5.41, 5.74) is 1.11. The van der Waals surface area contributed by atoms with Crippen LogP contribution in [0.25, 0.3) is 0 Å². The third-order valence-corrected chi connectivity index (χ3v) is 4.87. The molecule has 0 aliphatic carbocycles. The van der Waals surface area contributed by atoms with Crippen LogP contribution in [0.2, 0.25) is 0 Å². The molecule has 1 aromatic carbocycles. The second-order valence-electron chi connectivity index (χ2n) is 6.13. The summed E-state index contributed by atoms with van der Waals surface area (Å²) in [7, 11) is -3.48. The van der Waals surface area contributed by atoms with Gasteiger partial charge in [0.1, 0.15) is 0 Å². The maximum Gasteiger partial charge on any atom is 0.240 e. The van der Waals surface area contributed by atoms with Gasteiger partial charge in [-0.15, -0.1) is 0 Å². The normalized spacial score (nSPS) is 17.3. The van der Waals surface area contributed by atoms with Crippen molar-refractivity contribution in [2.75, 3.05) is 19.8 Å². The van der Waals surface area contributed by atoms with Crippen LogP contribution in [0.5, 0.6) is 0 Å². The van der Waals surface area contributed by atoms with Gasteiger partial charge in [0.2, 0.25) is 10.0 Å². The number of nitrogens with one attached hydrogen (secondary N) is 1. The summed E-state index contributed by atoms with van der Waals surface area (Å²) in [5, 5.41) is 0. The van der Waals surface area contributed by atoms with Crippen LogP contribution in [0.4, 0.5) is 0 Å². The van der Waals surface area contributed by atoms with Crippen molar-refractivity contribution in [2.24, 2.45) is 0 Å². The first kappa shape index (κ1) is 16.4. The average molecular weight is 313 g/mol. The number of hydrogen-bond acceptors (Lipinski definition) is 4. The Bertz CT molecular complexity index is 554. The van der Waals surface area contributed by atoms with E-state index in [0.29, 0.717) is 26.2 Å². The summed E-state index contributed by atoms with van der Waals surface area (Å²) in [4.78, 5) is 0.281. The van der Waals surface area contributed by atoms with E-state index in [0.717, 1.165) is 5.56 Å². The van der Waals surface area contributed by atoms with Crippen LogP contribution in [0, 0.1) is 0 Å². The Morgan fingerprint density at radius 1 is 1.14 bits per heavy atom. The van der Waals surface area contributed by atoms with Crippen molar-refractivity contribution in [3.8, 4) is 0 Å². The fourth-order valence-corrected chi connectivity index (χ4v) is 3.15. The third-order valence-electron chi connectivity index (χ3n) is 3.39. The van der Waals surface area contributed by atoms with Gasteiger partial charge >= 0.3 is 0 Å². The molecule has 1 aliphatic heterocycles. The van der Waals surface area contributed by atoms with Crippen LogP contribution < -0.4 is 4.72 Å². The third kappa shape index (κ3) is 4.51. The van der Waals surface area contributed by atoms with E-state index in [9.17, 15) is 8.42 Å². The largest absolute Gasteiger partial charge is 0.350 e. The second kappa shape index (κ2) is 6.44. The highest BCUT2D eigenvalue weighted by molar-refractivity contribution is 7.89. The van der Waals surface area contributed by atoms with Gasteiger partial charge in [0.15, 0.2) is 6.29 Å². The van der Waals surface area contributed by atoms with Gasteiger partial charge in [0.25, 0.3) is 0 Å². The number of benzene rings is 1. The predicted molar refractivity (Wildman–Crippen MR) is 80.6 cm³/mol. The van der Waals surface area contributed by atoms with Crippen LogP contribution >= 0.6 is 0 Å². The lowest BCUT2D eigenvalue weighted by Crippen LogP contribution is -2.27. The van der Waals surface area contributed by atoms with E-state index in [2.05, 4.69) is 25.5 Å². The van der Waals surface area contributed by atoms with E-state index in [1.807, 2.05) is 12.1 Å². The molecular formula is C15H23NO4S. The maximum atomic E-state index is 12.2. The van der Waals surface area contributed by atoms with Crippen LogP contribution in [0.1, 0.15) is 32.8 Å². The Hall–Kier alpha value is -0.950. The molecule has 6 heteroatoms. The zero-order valence-electron chi connectivity index (χ0n) is 12.8. The SMILES string of the molecule is CC(C)(C)c1ccc(S(=O)(=O)NCCC2OCCO2)cc1. The lowest BCUT2D eigenvalue weighted by Gasteiger charge is -2.19. The standard InChI is InChI=1S/C15H23NO4S/c1-15(2,3)12-4-6-13(7-5-12)21(17,18)16-9-8-14-19-10-11-20-14/h4-7,14,16H,8-11H2,1-3H3. The number of sulfonamides is 1. The van der Waals surface area contributed by atoms with Crippen molar-refractivity contribution in [2.45, 2.75) is 43.8 Å². The molecule has 2 rings (SSSR count). The first-order chi connectivity index (χ1) is 9.79. The van der Waals surface area contributed by atoms with E-state index >= 15 is 0 Å². The second-order valence-corrected chi connectivity index (χ2v) is 7.90. The van der Waals surface area contributed by atoms with E-state index in [4.69, 9.17) is 9.47 Å². The predicted octanol–water partition coefficient (Wildman–Crippen LogP) is 2.03. The van der Waals surface area contributed by atoms with Gasteiger partial charge in [-0.05, 0) is 23.1 Å². The summed E-state index contributed by atoms with van der Waals surface area (Å²) in [6, 6.07) is 7.01. The highest BCUT2D eigenvalue weighted by atomic mass is 32.2. The Labute approximate surface area is 126 Å². The van der Waals surface area contributed by atoms with Gasteiger partial charge < -0.3 is 9.47 Å². The van der Waals surface area contributed by atoms with Crippen LogP contribution in [-0.2, 0) is 24.9 Å². The lowest BCUT2D eigenvalue weighted by atomic mass is 9.87. The zero-order chi connectivity index (χ0) is 15.5. The highest BCUT2D eigenvalue weighted by Gasteiger charge is 2.19. The molecule has 1 heterocycles. The quantitative estimate of drug-likeness (QED) is 0.903. The smallest absolute Gasteiger partial charge is 0.240 e. The lowest BCUT2D eigenvalue weighted by molar-refractivity contribution is -0.0451. The van der Waals surface area contributed by atoms with Gasteiger partial charge in [0.05, 0.1) is 18.1 Å². The Morgan fingerprint density at radius 2 is 1.71 bits per heavy atom. The molecule has 0 aromatic heterocycles. The van der Waals surface area contributed by atoms with Crippen molar-refractivity contribution in [3.05, 3.63) is 29.8 Å². The molecule has 118 valence electrons. The van der Waals surface area contributed by atoms with Gasteiger partial charge in [-0.2, -0.15) is 0 Å². The minimum atomic E-state index is -3.48. The Kier molecular flexibility index (Phi) is 5.03. The summed E-state index contributed by atoms with van der Waals surface area (Å²) in [5.74, 6) is 0. The molecule has 0 unspecified atom stereocenters. The van der Waals surface area contributed by atoms with Gasteiger partial charge in [-0.25, -0.2) is 13.1 Å². The summed E-state index contributed by atoms with van der Waals surface area (Å²) in [6.07, 6.45) is 0.218. The monoisotopic (exact) mass is 313 g/mol. The van der Waals surface area contributed by atoms with Crippen LogP contribution in [-0.4, -0.2) is 34.5 Å². The fraction of sp³-hybridized carbons (Fsp3) is 0.600. The number of rotatable bonds is 5. The number of ether oxygens (including phenoxy) is 2. The highest BCUT2D eigenvalue weighted by Crippen LogP contribution is 2.23. The van der Waals surface area contributed by atoms with E-state index in [1.54, 1.807) is 12.1 Å². The molecule has 0 saturated carbocycles. The zero-order valence-corrected chi connectivity index (χ0v) is 13.6. The minimum absolute atomic E-state index is 0.00682. The maximum absolute atomic E-state index is 12.2. The van der Waals surface area contributed by atoms with Gasteiger partial charge in [-0.3, -0.25) is 0 Å². The van der Waals surface area contributed by atoms with Crippen molar-refractivity contribution in [1.82, 2.24) is 4.72 Å². The molecule has 0 spiro atoms. The summed E-state index contributed by atoms with van der Waals surface area (Å²) < 4.78 is 37.5. The topological polar surface area (TPSA) is 64.6 Å². The first-order valence-corrected chi connectivity index (χ1v) is 8.61. The van der Waals surface area contributed by atoms with E-state index in [1.165, 1.54) is 0 Å². The van der Waals surface area contributed by atoms with Crippen molar-refractivity contribution in [3.63, 3.8) is 0 Å². The Morgan fingerprint density at radius 3 is 2.24 bits per heavy atom. The first-order valence-electron chi connectivity index (χ1n) is 7.12. The molecule has 1 aromatic rings.